The zero-order chi connectivity index (χ0) is 19.6. The highest BCUT2D eigenvalue weighted by atomic mass is 32.2. The molecule has 0 N–H and O–H groups in total. The number of carbonyl (C=O) groups is 1. The van der Waals surface area contributed by atoms with Crippen molar-refractivity contribution in [3.63, 3.8) is 0 Å². The molecular weight excluding hydrogens is 372 g/mol. The van der Waals surface area contributed by atoms with Gasteiger partial charge in [-0.15, -0.1) is 0 Å². The lowest BCUT2D eigenvalue weighted by Gasteiger charge is -2.29. The highest BCUT2D eigenvalue weighted by molar-refractivity contribution is 7.89. The molecule has 1 fully saturated rings. The highest BCUT2D eigenvalue weighted by Gasteiger charge is 2.26. The second-order valence-electron chi connectivity index (χ2n) is 7.59. The van der Waals surface area contributed by atoms with Gasteiger partial charge in [0.2, 0.25) is 10.0 Å². The van der Waals surface area contributed by atoms with Crippen molar-refractivity contribution in [1.82, 2.24) is 9.21 Å². The Morgan fingerprint density at radius 1 is 0.786 bits per heavy atom. The lowest BCUT2D eigenvalue weighted by Crippen LogP contribution is -2.36. The minimum atomic E-state index is -3.48. The van der Waals surface area contributed by atoms with E-state index in [1.54, 1.807) is 28.6 Å². The SMILES string of the molecule is O=C(c1ccc(S(=O)(=O)N2CCCCCC2)cc1)N1CCc2ccccc2C1. The van der Waals surface area contributed by atoms with Gasteiger partial charge in [0.15, 0.2) is 0 Å². The maximum atomic E-state index is 12.9. The first kappa shape index (κ1) is 19.2. The molecule has 28 heavy (non-hydrogen) atoms. The van der Waals surface area contributed by atoms with Gasteiger partial charge in [-0.25, -0.2) is 8.42 Å². The van der Waals surface area contributed by atoms with E-state index in [-0.39, 0.29) is 10.8 Å². The Hall–Kier alpha value is -2.18. The minimum absolute atomic E-state index is 0.0479. The number of fused-ring (bicyclic) bond motifs is 1. The van der Waals surface area contributed by atoms with E-state index in [9.17, 15) is 13.2 Å². The summed E-state index contributed by atoms with van der Waals surface area (Å²) in [5.74, 6) is -0.0479. The van der Waals surface area contributed by atoms with E-state index in [1.165, 1.54) is 11.1 Å². The van der Waals surface area contributed by atoms with Crippen LogP contribution in [0.2, 0.25) is 0 Å². The van der Waals surface area contributed by atoms with Crippen LogP contribution in [0.1, 0.15) is 47.2 Å². The maximum Gasteiger partial charge on any atom is 0.254 e. The third kappa shape index (κ3) is 3.84. The van der Waals surface area contributed by atoms with E-state index in [1.807, 2.05) is 17.0 Å². The van der Waals surface area contributed by atoms with Crippen molar-refractivity contribution in [3.05, 3.63) is 65.2 Å². The molecule has 0 aromatic heterocycles. The molecule has 0 atom stereocenters. The second-order valence-corrected chi connectivity index (χ2v) is 9.53. The molecule has 1 amide bonds. The predicted octanol–water partition coefficient (Wildman–Crippen LogP) is 3.45. The van der Waals surface area contributed by atoms with Gasteiger partial charge in [-0.3, -0.25) is 4.79 Å². The average molecular weight is 399 g/mol. The smallest absolute Gasteiger partial charge is 0.254 e. The van der Waals surface area contributed by atoms with E-state index < -0.39 is 10.0 Å². The predicted molar refractivity (Wildman–Crippen MR) is 109 cm³/mol. The Morgan fingerprint density at radius 2 is 1.43 bits per heavy atom. The van der Waals surface area contributed by atoms with Crippen molar-refractivity contribution < 1.29 is 13.2 Å². The molecule has 2 aliphatic heterocycles. The van der Waals surface area contributed by atoms with Gasteiger partial charge in [0.1, 0.15) is 0 Å². The third-order valence-electron chi connectivity index (χ3n) is 5.72. The van der Waals surface area contributed by atoms with Gasteiger partial charge in [-0.2, -0.15) is 4.31 Å². The lowest BCUT2D eigenvalue weighted by atomic mass is 9.99. The molecule has 2 aromatic carbocycles. The fourth-order valence-corrected chi connectivity index (χ4v) is 5.57. The van der Waals surface area contributed by atoms with E-state index >= 15 is 0 Å². The normalized spacial score (nSPS) is 18.4. The van der Waals surface area contributed by atoms with Gasteiger partial charge in [0.05, 0.1) is 4.90 Å². The summed E-state index contributed by atoms with van der Waals surface area (Å²) in [5.41, 5.74) is 3.02. The van der Waals surface area contributed by atoms with Gasteiger partial charge < -0.3 is 4.90 Å². The molecule has 148 valence electrons. The van der Waals surface area contributed by atoms with E-state index in [0.717, 1.165) is 32.1 Å². The summed E-state index contributed by atoms with van der Waals surface area (Å²) in [6.45, 7) is 2.44. The molecule has 1 saturated heterocycles. The van der Waals surface area contributed by atoms with Crippen molar-refractivity contribution in [3.8, 4) is 0 Å². The van der Waals surface area contributed by atoms with Crippen LogP contribution in [0.4, 0.5) is 0 Å². The molecule has 2 aliphatic rings. The van der Waals surface area contributed by atoms with Crippen molar-refractivity contribution in [2.75, 3.05) is 19.6 Å². The number of benzene rings is 2. The van der Waals surface area contributed by atoms with E-state index in [0.29, 0.717) is 31.7 Å². The first-order valence-electron chi connectivity index (χ1n) is 10.0. The summed E-state index contributed by atoms with van der Waals surface area (Å²) in [4.78, 5) is 15.0. The van der Waals surface area contributed by atoms with Gasteiger partial charge in [0.25, 0.3) is 5.91 Å². The Balaban J connectivity index is 1.49. The van der Waals surface area contributed by atoms with Crippen LogP contribution in [0.15, 0.2) is 53.4 Å². The van der Waals surface area contributed by atoms with Crippen molar-refractivity contribution in [2.45, 2.75) is 43.5 Å². The largest absolute Gasteiger partial charge is 0.334 e. The zero-order valence-corrected chi connectivity index (χ0v) is 16.8. The number of carbonyl (C=O) groups excluding carboxylic acids is 1. The third-order valence-corrected chi connectivity index (χ3v) is 7.63. The van der Waals surface area contributed by atoms with E-state index in [2.05, 4.69) is 12.1 Å². The number of sulfonamides is 1. The molecule has 0 spiro atoms. The lowest BCUT2D eigenvalue weighted by molar-refractivity contribution is 0.0734. The van der Waals surface area contributed by atoms with Crippen LogP contribution >= 0.6 is 0 Å². The van der Waals surface area contributed by atoms with Crippen LogP contribution in [0.3, 0.4) is 0 Å². The first-order chi connectivity index (χ1) is 13.6. The molecule has 0 saturated carbocycles. The summed E-state index contributed by atoms with van der Waals surface area (Å²) in [6, 6.07) is 14.6. The maximum absolute atomic E-state index is 12.9. The van der Waals surface area contributed by atoms with Crippen LogP contribution < -0.4 is 0 Å². The van der Waals surface area contributed by atoms with Crippen LogP contribution in [-0.4, -0.2) is 43.2 Å². The number of rotatable bonds is 3. The Morgan fingerprint density at radius 3 is 2.11 bits per heavy atom. The minimum Gasteiger partial charge on any atom is -0.334 e. The van der Waals surface area contributed by atoms with Crippen molar-refractivity contribution in [2.24, 2.45) is 0 Å². The van der Waals surface area contributed by atoms with Crippen LogP contribution in [-0.2, 0) is 23.0 Å². The molecule has 0 aliphatic carbocycles. The second kappa shape index (κ2) is 8.05. The van der Waals surface area contributed by atoms with Crippen LogP contribution in [0.5, 0.6) is 0 Å². The fourth-order valence-electron chi connectivity index (χ4n) is 4.05. The summed E-state index contributed by atoms with van der Waals surface area (Å²) < 4.78 is 27.4. The summed E-state index contributed by atoms with van der Waals surface area (Å²) in [6.07, 6.45) is 4.83. The van der Waals surface area contributed by atoms with Gasteiger partial charge in [-0.1, -0.05) is 37.1 Å². The number of amides is 1. The van der Waals surface area contributed by atoms with E-state index in [4.69, 9.17) is 0 Å². The van der Waals surface area contributed by atoms with Crippen LogP contribution in [0, 0.1) is 0 Å². The molecule has 6 heteroatoms. The Bertz CT molecular complexity index is 946. The summed E-state index contributed by atoms with van der Waals surface area (Å²) in [7, 11) is -3.48. The quantitative estimate of drug-likeness (QED) is 0.796. The Labute approximate surface area is 167 Å². The van der Waals surface area contributed by atoms with Gasteiger partial charge in [-0.05, 0) is 54.7 Å². The fraction of sp³-hybridized carbons (Fsp3) is 0.409. The topological polar surface area (TPSA) is 57.7 Å². The van der Waals surface area contributed by atoms with Crippen molar-refractivity contribution >= 4 is 15.9 Å². The van der Waals surface area contributed by atoms with Crippen LogP contribution in [0.25, 0.3) is 0 Å². The molecule has 0 unspecified atom stereocenters. The summed E-state index contributed by atoms with van der Waals surface area (Å²) in [5, 5.41) is 0. The Kier molecular flexibility index (Phi) is 5.51. The van der Waals surface area contributed by atoms with Gasteiger partial charge in [0, 0.05) is 31.7 Å². The summed E-state index contributed by atoms with van der Waals surface area (Å²) >= 11 is 0. The molecular formula is C22H26N2O3S. The highest BCUT2D eigenvalue weighted by Crippen LogP contribution is 2.23. The molecule has 4 rings (SSSR count). The standard InChI is InChI=1S/C22H26N2O3S/c25-22(23-16-13-18-7-3-4-8-20(18)17-23)19-9-11-21(12-10-19)28(26,27)24-14-5-1-2-6-15-24/h3-4,7-12H,1-2,5-6,13-17H2. The number of nitrogens with zero attached hydrogens (tertiary/aromatic N) is 2. The zero-order valence-electron chi connectivity index (χ0n) is 16.0. The molecule has 2 heterocycles. The number of hydrogen-bond acceptors (Lipinski definition) is 3. The molecule has 0 bridgehead atoms. The first-order valence-corrected chi connectivity index (χ1v) is 11.5. The molecule has 2 aromatic rings. The molecule has 5 nitrogen and oxygen atoms in total. The number of hydrogen-bond donors (Lipinski definition) is 0. The molecule has 0 radical (unpaired) electrons. The average Bonchev–Trinajstić information content (AvgIpc) is 3.03. The monoisotopic (exact) mass is 398 g/mol. The van der Waals surface area contributed by atoms with Crippen molar-refractivity contribution in [1.29, 1.82) is 0 Å². The van der Waals surface area contributed by atoms with Gasteiger partial charge >= 0.3 is 0 Å².